The van der Waals surface area contributed by atoms with Gasteiger partial charge in [-0.05, 0) is 30.7 Å². The number of rotatable bonds is 4. The van der Waals surface area contributed by atoms with Crippen LogP contribution in [0.5, 0.6) is 11.6 Å². The highest BCUT2D eigenvalue weighted by molar-refractivity contribution is 6.37. The Hall–Kier alpha value is -3.99. The maximum Gasteiger partial charge on any atom is 0.418 e. The van der Waals surface area contributed by atoms with E-state index in [-0.39, 0.29) is 40.1 Å². The van der Waals surface area contributed by atoms with Crippen molar-refractivity contribution in [3.63, 3.8) is 0 Å². The average Bonchev–Trinajstić information content (AvgIpc) is 3.00. The molecule has 1 aromatic carbocycles. The molecule has 0 amide bonds. The summed E-state index contributed by atoms with van der Waals surface area (Å²) in [6.45, 7) is 1.82. The molecule has 2 aromatic heterocycles. The summed E-state index contributed by atoms with van der Waals surface area (Å²) in [6, 6.07) is 8.01. The second kappa shape index (κ2) is 8.90. The molecule has 36 heavy (non-hydrogen) atoms. The predicted octanol–water partition coefficient (Wildman–Crippen LogP) is 5.21. The summed E-state index contributed by atoms with van der Waals surface area (Å²) in [7, 11) is 1.53. The van der Waals surface area contributed by atoms with Crippen LogP contribution in [0.1, 0.15) is 22.4 Å². The highest BCUT2D eigenvalue weighted by Gasteiger charge is 2.38. The highest BCUT2D eigenvalue weighted by atomic mass is 35.5. The van der Waals surface area contributed by atoms with E-state index in [2.05, 4.69) is 20.3 Å². The van der Waals surface area contributed by atoms with Crippen molar-refractivity contribution in [2.24, 2.45) is 4.99 Å². The molecule has 4 heterocycles. The smallest absolute Gasteiger partial charge is 0.418 e. The number of ether oxygens (including phenoxy) is 2. The van der Waals surface area contributed by atoms with Gasteiger partial charge >= 0.3 is 6.18 Å². The van der Waals surface area contributed by atoms with Crippen molar-refractivity contribution >= 4 is 28.9 Å². The monoisotopic (exact) mass is 516 g/mol. The molecule has 3 aromatic rings. The maximum absolute atomic E-state index is 14.0. The lowest BCUT2D eigenvalue weighted by Crippen LogP contribution is -2.30. The number of nitrogens with zero attached hydrogens (tertiary/aromatic N) is 4. The molecule has 5 rings (SSSR count). The van der Waals surface area contributed by atoms with Crippen LogP contribution in [0.4, 0.5) is 24.7 Å². The van der Waals surface area contributed by atoms with Gasteiger partial charge in [0.25, 0.3) is 0 Å². The van der Waals surface area contributed by atoms with Gasteiger partial charge < -0.3 is 25.4 Å². The molecular formula is C24H20ClF3N6O2. The lowest BCUT2D eigenvalue weighted by atomic mass is 9.97. The molecule has 0 atom stereocenters. The fourth-order valence-electron chi connectivity index (χ4n) is 4.25. The van der Waals surface area contributed by atoms with Gasteiger partial charge in [-0.15, -0.1) is 0 Å². The summed E-state index contributed by atoms with van der Waals surface area (Å²) in [6.07, 6.45) is -1.57. The van der Waals surface area contributed by atoms with Crippen LogP contribution in [0, 0.1) is 6.92 Å². The number of methoxy groups -OCH3 is 1. The number of aliphatic imine (C=N–C) groups is 1. The number of aromatic nitrogens is 2. The number of amidine groups is 1. The number of aryl methyl sites for hydroxylation is 1. The Morgan fingerprint density at radius 1 is 1.25 bits per heavy atom. The third kappa shape index (κ3) is 4.15. The zero-order chi connectivity index (χ0) is 25.6. The fourth-order valence-corrected chi connectivity index (χ4v) is 4.56. The van der Waals surface area contributed by atoms with Crippen molar-refractivity contribution in [2.45, 2.75) is 19.6 Å². The number of benzene rings is 1. The third-order valence-electron chi connectivity index (χ3n) is 5.74. The molecule has 12 heteroatoms. The average molecular weight is 517 g/mol. The van der Waals surface area contributed by atoms with Gasteiger partial charge in [0.1, 0.15) is 30.3 Å². The van der Waals surface area contributed by atoms with Crippen molar-refractivity contribution < 1.29 is 22.6 Å². The van der Waals surface area contributed by atoms with Gasteiger partial charge in [-0.3, -0.25) is 0 Å². The molecule has 8 nitrogen and oxygen atoms in total. The summed E-state index contributed by atoms with van der Waals surface area (Å²) < 4.78 is 53.1. The van der Waals surface area contributed by atoms with Gasteiger partial charge in [-0.1, -0.05) is 17.7 Å². The molecule has 2 aliphatic heterocycles. The van der Waals surface area contributed by atoms with E-state index in [9.17, 15) is 13.2 Å². The van der Waals surface area contributed by atoms with Crippen molar-refractivity contribution in [1.29, 1.82) is 0 Å². The van der Waals surface area contributed by atoms with Crippen molar-refractivity contribution in [3.8, 4) is 22.9 Å². The summed E-state index contributed by atoms with van der Waals surface area (Å²) in [5.41, 5.74) is 6.12. The standard InChI is InChI=1S/C24H20ClF3N6O2/c1-12-8-16(29)33-21(19(12)24(26,27)28)14-9-15-18-22(20(14)25)30-11-31-23(18)34(6-7-36-15)10-13-4-3-5-17(32-13)35-2/h3-9,30H,10-11H2,1-2H3,(H2,29,33). The first-order chi connectivity index (χ1) is 17.2. The van der Waals surface area contributed by atoms with E-state index >= 15 is 0 Å². The second-order valence-electron chi connectivity index (χ2n) is 8.09. The molecule has 0 saturated carbocycles. The number of alkyl halides is 3. The van der Waals surface area contributed by atoms with Gasteiger partial charge in [0.15, 0.2) is 0 Å². The molecule has 0 saturated heterocycles. The summed E-state index contributed by atoms with van der Waals surface area (Å²) >= 11 is 6.72. The molecular weight excluding hydrogens is 497 g/mol. The van der Waals surface area contributed by atoms with E-state index in [1.807, 2.05) is 17.0 Å². The van der Waals surface area contributed by atoms with Crippen molar-refractivity contribution in [2.75, 3.05) is 24.8 Å². The minimum atomic E-state index is -4.67. The van der Waals surface area contributed by atoms with Crippen LogP contribution in [-0.2, 0) is 12.7 Å². The van der Waals surface area contributed by atoms with Crippen LogP contribution in [0.2, 0.25) is 5.02 Å². The molecule has 0 fully saturated rings. The van der Waals surface area contributed by atoms with E-state index in [4.69, 9.17) is 26.8 Å². The highest BCUT2D eigenvalue weighted by Crippen LogP contribution is 2.47. The zero-order valence-electron chi connectivity index (χ0n) is 19.2. The van der Waals surface area contributed by atoms with Crippen LogP contribution >= 0.6 is 11.6 Å². The van der Waals surface area contributed by atoms with Gasteiger partial charge in [0.2, 0.25) is 5.88 Å². The minimum absolute atomic E-state index is 0.0400. The Bertz CT molecular complexity index is 1420. The largest absolute Gasteiger partial charge is 0.481 e. The van der Waals surface area contributed by atoms with E-state index in [0.29, 0.717) is 35.2 Å². The molecule has 2 aliphatic rings. The first-order valence-corrected chi connectivity index (χ1v) is 11.1. The Balaban J connectivity index is 1.64. The number of nitrogens with two attached hydrogens (primary N) is 1. The molecule has 186 valence electrons. The quantitative estimate of drug-likeness (QED) is 0.491. The SMILES string of the molecule is COc1cccc(CN2C=COc3cc(-c4nc(N)cc(C)c4C(F)(F)F)c(Cl)c4c3C2=NCN4)n1. The lowest BCUT2D eigenvalue weighted by molar-refractivity contribution is -0.137. The van der Waals surface area contributed by atoms with Gasteiger partial charge in [0.05, 0.1) is 46.9 Å². The Morgan fingerprint density at radius 3 is 2.81 bits per heavy atom. The van der Waals surface area contributed by atoms with E-state index in [1.165, 1.54) is 32.4 Å². The first kappa shape index (κ1) is 23.7. The Morgan fingerprint density at radius 2 is 2.06 bits per heavy atom. The van der Waals surface area contributed by atoms with E-state index < -0.39 is 11.7 Å². The molecule has 0 radical (unpaired) electrons. The normalized spacial score (nSPS) is 14.4. The number of pyridine rings is 2. The van der Waals surface area contributed by atoms with Gasteiger partial charge in [-0.25, -0.2) is 15.0 Å². The Kier molecular flexibility index (Phi) is 5.87. The van der Waals surface area contributed by atoms with Gasteiger partial charge in [-0.2, -0.15) is 13.2 Å². The topological polar surface area (TPSA) is 97.9 Å². The maximum atomic E-state index is 14.0. The molecule has 0 aliphatic carbocycles. The fraction of sp³-hybridized carbons (Fsp3) is 0.208. The van der Waals surface area contributed by atoms with Crippen LogP contribution < -0.4 is 20.5 Å². The van der Waals surface area contributed by atoms with Crippen molar-refractivity contribution in [3.05, 3.63) is 70.2 Å². The number of hydrogen-bond donors (Lipinski definition) is 2. The number of hydrogen-bond acceptors (Lipinski definition) is 8. The van der Waals surface area contributed by atoms with Crippen LogP contribution in [-0.4, -0.2) is 34.5 Å². The summed E-state index contributed by atoms with van der Waals surface area (Å²) in [4.78, 5) is 14.8. The number of nitrogen functional groups attached to an aromatic ring is 1. The van der Waals surface area contributed by atoms with Crippen LogP contribution in [0.3, 0.4) is 0 Å². The van der Waals surface area contributed by atoms with Crippen LogP contribution in [0.25, 0.3) is 11.3 Å². The summed E-state index contributed by atoms with van der Waals surface area (Å²) in [5.74, 6) is 1.21. The molecule has 3 N–H and O–H groups in total. The minimum Gasteiger partial charge on any atom is -0.481 e. The molecule has 0 spiro atoms. The van der Waals surface area contributed by atoms with Crippen LogP contribution in [0.15, 0.2) is 47.8 Å². The summed E-state index contributed by atoms with van der Waals surface area (Å²) in [5, 5.41) is 3.12. The third-order valence-corrected chi connectivity index (χ3v) is 6.13. The van der Waals surface area contributed by atoms with Crippen molar-refractivity contribution in [1.82, 2.24) is 14.9 Å². The predicted molar refractivity (Wildman–Crippen MR) is 130 cm³/mol. The number of halogens is 4. The molecule has 0 bridgehead atoms. The number of anilines is 2. The zero-order valence-corrected chi connectivity index (χ0v) is 19.9. The Labute approximate surface area is 209 Å². The second-order valence-corrected chi connectivity index (χ2v) is 8.47. The van der Waals surface area contributed by atoms with Gasteiger partial charge in [0, 0.05) is 17.8 Å². The molecule has 0 unspecified atom stereocenters. The lowest BCUT2D eigenvalue weighted by Gasteiger charge is -2.28. The number of nitrogens with one attached hydrogen (secondary N) is 1. The van der Waals surface area contributed by atoms with E-state index in [1.54, 1.807) is 12.3 Å². The van der Waals surface area contributed by atoms with E-state index in [0.717, 1.165) is 0 Å². The first-order valence-electron chi connectivity index (χ1n) is 10.8.